The van der Waals surface area contributed by atoms with Crippen molar-refractivity contribution in [3.63, 3.8) is 0 Å². The molecule has 3 unspecified atom stereocenters. The average molecular weight is 174 g/mol. The normalized spacial score (nSPS) is 40.8. The van der Waals surface area contributed by atoms with Gasteiger partial charge in [0.25, 0.3) is 0 Å². The molecule has 3 rings (SSSR count). The van der Waals surface area contributed by atoms with Gasteiger partial charge >= 0.3 is 0 Å². The molecule has 0 bridgehead atoms. The lowest BCUT2D eigenvalue weighted by Crippen LogP contribution is -2.31. The predicted molar refractivity (Wildman–Crippen MR) is 51.6 cm³/mol. The van der Waals surface area contributed by atoms with Crippen molar-refractivity contribution in [2.24, 2.45) is 5.92 Å². The maximum atomic E-state index is 10.2. The zero-order valence-corrected chi connectivity index (χ0v) is 7.83. The van der Waals surface area contributed by atoms with Crippen LogP contribution >= 0.6 is 0 Å². The SMILES string of the molecule is CC1CC1(O)C1Cc2ccccc21. The number of benzene rings is 1. The fourth-order valence-corrected chi connectivity index (χ4v) is 2.62. The lowest BCUT2D eigenvalue weighted by atomic mass is 9.72. The molecule has 1 nitrogen and oxygen atoms in total. The molecule has 0 spiro atoms. The lowest BCUT2D eigenvalue weighted by molar-refractivity contribution is 0.0928. The lowest BCUT2D eigenvalue weighted by Gasteiger charge is -2.34. The van der Waals surface area contributed by atoms with Gasteiger partial charge in [-0.25, -0.2) is 0 Å². The van der Waals surface area contributed by atoms with Crippen molar-refractivity contribution in [1.29, 1.82) is 0 Å². The van der Waals surface area contributed by atoms with Crippen molar-refractivity contribution in [3.05, 3.63) is 35.4 Å². The fourth-order valence-electron chi connectivity index (χ4n) is 2.62. The molecule has 0 aliphatic heterocycles. The van der Waals surface area contributed by atoms with E-state index in [1.807, 2.05) is 0 Å². The van der Waals surface area contributed by atoms with Crippen LogP contribution in [0.15, 0.2) is 24.3 Å². The highest BCUT2D eigenvalue weighted by atomic mass is 16.3. The van der Waals surface area contributed by atoms with E-state index in [4.69, 9.17) is 0 Å². The Hall–Kier alpha value is -0.820. The van der Waals surface area contributed by atoms with Crippen LogP contribution in [0.4, 0.5) is 0 Å². The van der Waals surface area contributed by atoms with Gasteiger partial charge in [0.05, 0.1) is 5.60 Å². The van der Waals surface area contributed by atoms with Crippen LogP contribution in [0.1, 0.15) is 30.4 Å². The van der Waals surface area contributed by atoms with Crippen molar-refractivity contribution < 1.29 is 5.11 Å². The van der Waals surface area contributed by atoms with Crippen molar-refractivity contribution in [3.8, 4) is 0 Å². The molecular weight excluding hydrogens is 160 g/mol. The summed E-state index contributed by atoms with van der Waals surface area (Å²) in [6.45, 7) is 2.14. The van der Waals surface area contributed by atoms with Crippen LogP contribution in [0, 0.1) is 5.92 Å². The summed E-state index contributed by atoms with van der Waals surface area (Å²) < 4.78 is 0. The van der Waals surface area contributed by atoms with Gasteiger partial charge in [-0.15, -0.1) is 0 Å². The minimum Gasteiger partial charge on any atom is -0.389 e. The van der Waals surface area contributed by atoms with Crippen LogP contribution in [0.25, 0.3) is 0 Å². The summed E-state index contributed by atoms with van der Waals surface area (Å²) in [5.41, 5.74) is 2.46. The Morgan fingerprint density at radius 2 is 2.08 bits per heavy atom. The van der Waals surface area contributed by atoms with Gasteiger partial charge in [-0.2, -0.15) is 0 Å². The summed E-state index contributed by atoms with van der Waals surface area (Å²) >= 11 is 0. The molecule has 3 atom stereocenters. The van der Waals surface area contributed by atoms with Gasteiger partial charge < -0.3 is 5.11 Å². The average Bonchev–Trinajstić information content (AvgIpc) is 2.63. The first-order valence-electron chi connectivity index (χ1n) is 5.02. The van der Waals surface area contributed by atoms with E-state index in [0.29, 0.717) is 11.8 Å². The van der Waals surface area contributed by atoms with Crippen LogP contribution in [-0.2, 0) is 6.42 Å². The van der Waals surface area contributed by atoms with E-state index in [0.717, 1.165) is 12.8 Å². The van der Waals surface area contributed by atoms with E-state index in [2.05, 4.69) is 31.2 Å². The molecule has 0 radical (unpaired) electrons. The largest absolute Gasteiger partial charge is 0.389 e. The Balaban J connectivity index is 1.94. The monoisotopic (exact) mass is 174 g/mol. The molecule has 0 saturated heterocycles. The summed E-state index contributed by atoms with van der Waals surface area (Å²) in [6.07, 6.45) is 2.07. The van der Waals surface area contributed by atoms with Gasteiger partial charge in [0.1, 0.15) is 0 Å². The highest BCUT2D eigenvalue weighted by molar-refractivity contribution is 5.44. The van der Waals surface area contributed by atoms with E-state index in [1.165, 1.54) is 11.1 Å². The Kier molecular flexibility index (Phi) is 1.26. The number of fused-ring (bicyclic) bond motifs is 1. The Labute approximate surface area is 78.4 Å². The summed E-state index contributed by atoms with van der Waals surface area (Å²) in [4.78, 5) is 0. The zero-order chi connectivity index (χ0) is 9.05. The quantitative estimate of drug-likeness (QED) is 0.691. The molecule has 13 heavy (non-hydrogen) atoms. The maximum absolute atomic E-state index is 10.2. The zero-order valence-electron chi connectivity index (χ0n) is 7.83. The van der Waals surface area contributed by atoms with Crippen molar-refractivity contribution >= 4 is 0 Å². The van der Waals surface area contributed by atoms with Crippen LogP contribution in [0.2, 0.25) is 0 Å². The van der Waals surface area contributed by atoms with Crippen LogP contribution in [-0.4, -0.2) is 10.7 Å². The highest BCUT2D eigenvalue weighted by Crippen LogP contribution is 2.57. The van der Waals surface area contributed by atoms with Crippen LogP contribution < -0.4 is 0 Å². The van der Waals surface area contributed by atoms with Crippen molar-refractivity contribution in [2.75, 3.05) is 0 Å². The van der Waals surface area contributed by atoms with Gasteiger partial charge in [-0.1, -0.05) is 31.2 Å². The van der Waals surface area contributed by atoms with Crippen LogP contribution in [0.5, 0.6) is 0 Å². The van der Waals surface area contributed by atoms with Crippen molar-refractivity contribution in [1.82, 2.24) is 0 Å². The maximum Gasteiger partial charge on any atom is 0.0749 e. The highest BCUT2D eigenvalue weighted by Gasteiger charge is 2.58. The molecule has 1 fully saturated rings. The molecule has 1 aromatic rings. The predicted octanol–water partition coefficient (Wildman–Crippen LogP) is 2.10. The summed E-state index contributed by atoms with van der Waals surface area (Å²) in [6, 6.07) is 8.48. The van der Waals surface area contributed by atoms with Gasteiger partial charge in [-0.3, -0.25) is 0 Å². The molecule has 1 N–H and O–H groups in total. The third-order valence-corrected chi connectivity index (χ3v) is 3.78. The Morgan fingerprint density at radius 3 is 2.69 bits per heavy atom. The van der Waals surface area contributed by atoms with E-state index in [1.54, 1.807) is 0 Å². The fraction of sp³-hybridized carbons (Fsp3) is 0.500. The van der Waals surface area contributed by atoms with Crippen molar-refractivity contribution in [2.45, 2.75) is 31.3 Å². The number of rotatable bonds is 1. The van der Waals surface area contributed by atoms with E-state index in [-0.39, 0.29) is 5.60 Å². The van der Waals surface area contributed by atoms with Gasteiger partial charge in [0.15, 0.2) is 0 Å². The summed E-state index contributed by atoms with van der Waals surface area (Å²) in [5, 5.41) is 10.2. The molecule has 2 aliphatic carbocycles. The molecular formula is C12H14O. The molecule has 1 saturated carbocycles. The third kappa shape index (κ3) is 0.856. The van der Waals surface area contributed by atoms with Crippen LogP contribution in [0.3, 0.4) is 0 Å². The smallest absolute Gasteiger partial charge is 0.0749 e. The summed E-state index contributed by atoms with van der Waals surface area (Å²) in [5.74, 6) is 0.935. The number of hydrogen-bond donors (Lipinski definition) is 1. The molecule has 68 valence electrons. The van der Waals surface area contributed by atoms with E-state index >= 15 is 0 Å². The first-order chi connectivity index (χ1) is 6.22. The molecule has 0 aromatic heterocycles. The topological polar surface area (TPSA) is 20.2 Å². The molecule has 2 aliphatic rings. The third-order valence-electron chi connectivity index (χ3n) is 3.78. The van der Waals surface area contributed by atoms with Gasteiger partial charge in [-0.05, 0) is 29.9 Å². The Bertz CT molecular complexity index is 358. The second-order valence-corrected chi connectivity index (χ2v) is 4.55. The van der Waals surface area contributed by atoms with E-state index in [9.17, 15) is 5.11 Å². The molecule has 0 amide bonds. The van der Waals surface area contributed by atoms with Gasteiger partial charge in [0, 0.05) is 5.92 Å². The summed E-state index contributed by atoms with van der Waals surface area (Å²) in [7, 11) is 0. The molecule has 1 heteroatoms. The second kappa shape index (κ2) is 2.16. The first-order valence-corrected chi connectivity index (χ1v) is 5.02. The van der Waals surface area contributed by atoms with E-state index < -0.39 is 0 Å². The molecule has 0 heterocycles. The minimum absolute atomic E-state index is 0.353. The second-order valence-electron chi connectivity index (χ2n) is 4.55. The standard InChI is InChI=1S/C12H14O/c1-8-7-12(8,13)11-6-9-4-2-3-5-10(9)11/h2-5,8,11,13H,6-7H2,1H3. The Morgan fingerprint density at radius 1 is 1.38 bits per heavy atom. The number of hydrogen-bond acceptors (Lipinski definition) is 1. The molecule has 1 aromatic carbocycles. The van der Waals surface area contributed by atoms with Gasteiger partial charge in [0.2, 0.25) is 0 Å². The number of aliphatic hydroxyl groups is 1. The first kappa shape index (κ1) is 7.57. The minimum atomic E-state index is -0.353.